The zero-order chi connectivity index (χ0) is 10.3. The van der Waals surface area contributed by atoms with Gasteiger partial charge in [-0.25, -0.2) is 0 Å². The smallest absolute Gasteiger partial charge is 0.103 e. The van der Waals surface area contributed by atoms with E-state index in [0.717, 1.165) is 12.2 Å². The molecule has 0 bridgehead atoms. The number of rotatable bonds is 0. The Morgan fingerprint density at radius 2 is 1.77 bits per heavy atom. The highest BCUT2D eigenvalue weighted by Gasteiger charge is 2.31. The zero-order valence-electron chi connectivity index (χ0n) is 9.82. The van der Waals surface area contributed by atoms with Crippen molar-refractivity contribution in [1.82, 2.24) is 0 Å². The van der Waals surface area contributed by atoms with E-state index in [1.807, 2.05) is 0 Å². The Balaban J connectivity index is 2.90. The van der Waals surface area contributed by atoms with Crippen LogP contribution < -0.4 is 0 Å². The first-order chi connectivity index (χ1) is 5.72. The van der Waals surface area contributed by atoms with Gasteiger partial charge in [0.25, 0.3) is 0 Å². The van der Waals surface area contributed by atoms with E-state index < -0.39 is 0 Å². The lowest BCUT2D eigenvalue weighted by molar-refractivity contribution is 0.00854. The van der Waals surface area contributed by atoms with Crippen molar-refractivity contribution < 1.29 is 4.74 Å². The average molecular weight is 182 g/mol. The second-order valence-corrected chi connectivity index (χ2v) is 5.65. The largest absolute Gasteiger partial charge is 0.493 e. The fourth-order valence-electron chi connectivity index (χ4n) is 2.03. The first kappa shape index (κ1) is 10.6. The lowest BCUT2D eigenvalue weighted by atomic mass is 9.79. The van der Waals surface area contributed by atoms with E-state index in [9.17, 15) is 0 Å². The Kier molecular flexibility index (Phi) is 2.48. The van der Waals surface area contributed by atoms with Crippen LogP contribution in [0.4, 0.5) is 0 Å². The second kappa shape index (κ2) is 3.04. The predicted molar refractivity (Wildman–Crippen MR) is 56.6 cm³/mol. The molecule has 0 N–H and O–H groups in total. The summed E-state index contributed by atoms with van der Waals surface area (Å²) in [6.07, 6.45) is 2.32. The number of ether oxygens (including phenoxy) is 1. The number of allylic oxidation sites excluding steroid dienone is 2. The average Bonchev–Trinajstić information content (AvgIpc) is 1.80. The molecule has 1 rings (SSSR count). The quantitative estimate of drug-likeness (QED) is 0.552. The Hall–Kier alpha value is -0.460. The minimum absolute atomic E-state index is 0.0405. The molecule has 0 aromatic rings. The van der Waals surface area contributed by atoms with Crippen LogP contribution in [0.5, 0.6) is 0 Å². The van der Waals surface area contributed by atoms with Gasteiger partial charge in [0.2, 0.25) is 0 Å². The summed E-state index contributed by atoms with van der Waals surface area (Å²) in [6, 6.07) is 0. The maximum atomic E-state index is 5.89. The Labute approximate surface area is 82.2 Å². The molecule has 13 heavy (non-hydrogen) atoms. The van der Waals surface area contributed by atoms with Crippen LogP contribution >= 0.6 is 0 Å². The molecule has 0 fully saturated rings. The monoisotopic (exact) mass is 182 g/mol. The van der Waals surface area contributed by atoms with Gasteiger partial charge in [0, 0.05) is 0 Å². The molecule has 0 spiro atoms. The normalized spacial score (nSPS) is 22.9. The molecule has 1 aliphatic rings. The predicted octanol–water partition coefficient (Wildman–Crippen LogP) is 3.90. The van der Waals surface area contributed by atoms with E-state index >= 15 is 0 Å². The van der Waals surface area contributed by atoms with E-state index in [1.165, 1.54) is 12.0 Å². The zero-order valence-corrected chi connectivity index (χ0v) is 9.82. The van der Waals surface area contributed by atoms with Crippen molar-refractivity contribution in [3.8, 4) is 0 Å². The van der Waals surface area contributed by atoms with Crippen LogP contribution in [0.1, 0.15) is 54.4 Å². The van der Waals surface area contributed by atoms with Gasteiger partial charge in [-0.15, -0.1) is 0 Å². The molecule has 76 valence electrons. The van der Waals surface area contributed by atoms with Crippen LogP contribution in [-0.2, 0) is 4.74 Å². The molecule has 0 radical (unpaired) electrons. The van der Waals surface area contributed by atoms with E-state index in [0.29, 0.717) is 0 Å². The van der Waals surface area contributed by atoms with Crippen molar-refractivity contribution in [2.24, 2.45) is 5.41 Å². The van der Waals surface area contributed by atoms with E-state index in [4.69, 9.17) is 4.74 Å². The highest BCUT2D eigenvalue weighted by molar-refractivity contribution is 5.17. The van der Waals surface area contributed by atoms with Crippen molar-refractivity contribution in [3.05, 3.63) is 11.3 Å². The lowest BCUT2D eigenvalue weighted by Gasteiger charge is -2.37. The number of hydrogen-bond acceptors (Lipinski definition) is 1. The molecule has 1 heteroatoms. The Morgan fingerprint density at radius 3 is 2.15 bits per heavy atom. The summed E-state index contributed by atoms with van der Waals surface area (Å²) in [5.41, 5.74) is 1.78. The highest BCUT2D eigenvalue weighted by Crippen LogP contribution is 2.39. The fraction of sp³-hybridized carbons (Fsp3) is 0.833. The SMILES string of the molecule is CC1=C(C(C)(C)C)CCC(C)(C)O1. The van der Waals surface area contributed by atoms with Crippen LogP contribution in [-0.4, -0.2) is 5.60 Å². The summed E-state index contributed by atoms with van der Waals surface area (Å²) < 4.78 is 5.89. The van der Waals surface area contributed by atoms with Gasteiger partial charge in [0.15, 0.2) is 0 Å². The fourth-order valence-corrected chi connectivity index (χ4v) is 2.03. The molecule has 0 aromatic heterocycles. The van der Waals surface area contributed by atoms with Crippen LogP contribution in [0.2, 0.25) is 0 Å². The topological polar surface area (TPSA) is 9.23 Å². The third-order valence-electron chi connectivity index (χ3n) is 2.74. The first-order valence-electron chi connectivity index (χ1n) is 5.12. The van der Waals surface area contributed by atoms with E-state index in [-0.39, 0.29) is 11.0 Å². The third-order valence-corrected chi connectivity index (χ3v) is 2.74. The number of hydrogen-bond donors (Lipinski definition) is 0. The molecule has 0 aliphatic carbocycles. The summed E-state index contributed by atoms with van der Waals surface area (Å²) in [4.78, 5) is 0. The molecule has 0 unspecified atom stereocenters. The van der Waals surface area contributed by atoms with Gasteiger partial charge >= 0.3 is 0 Å². The molecule has 1 aliphatic heterocycles. The van der Waals surface area contributed by atoms with Crippen LogP contribution in [0, 0.1) is 5.41 Å². The molecule has 1 nitrogen and oxygen atoms in total. The van der Waals surface area contributed by atoms with Crippen molar-refractivity contribution in [2.45, 2.75) is 60.0 Å². The van der Waals surface area contributed by atoms with Crippen molar-refractivity contribution in [1.29, 1.82) is 0 Å². The lowest BCUT2D eigenvalue weighted by Crippen LogP contribution is -2.30. The van der Waals surface area contributed by atoms with E-state index in [1.54, 1.807) is 0 Å². The van der Waals surface area contributed by atoms with E-state index in [2.05, 4.69) is 41.5 Å². The van der Waals surface area contributed by atoms with Gasteiger partial charge in [0.1, 0.15) is 5.60 Å². The first-order valence-corrected chi connectivity index (χ1v) is 5.12. The third kappa shape index (κ3) is 2.49. The van der Waals surface area contributed by atoms with Crippen LogP contribution in [0.3, 0.4) is 0 Å². The summed E-state index contributed by atoms with van der Waals surface area (Å²) in [5, 5.41) is 0. The minimum atomic E-state index is 0.0405. The molecular weight excluding hydrogens is 160 g/mol. The maximum Gasteiger partial charge on any atom is 0.103 e. The molecule has 1 heterocycles. The summed E-state index contributed by atoms with van der Waals surface area (Å²) in [7, 11) is 0. The Bertz CT molecular complexity index is 228. The molecular formula is C12H22O. The molecule has 0 aromatic carbocycles. The second-order valence-electron chi connectivity index (χ2n) is 5.65. The Morgan fingerprint density at radius 1 is 1.23 bits per heavy atom. The van der Waals surface area contributed by atoms with Gasteiger partial charge in [-0.3, -0.25) is 0 Å². The van der Waals surface area contributed by atoms with Crippen LogP contribution in [0.15, 0.2) is 11.3 Å². The van der Waals surface area contributed by atoms with Gasteiger partial charge in [-0.1, -0.05) is 20.8 Å². The molecule has 0 saturated carbocycles. The van der Waals surface area contributed by atoms with Gasteiger partial charge in [0.05, 0.1) is 5.76 Å². The summed E-state index contributed by atoms with van der Waals surface area (Å²) in [5.74, 6) is 1.14. The van der Waals surface area contributed by atoms with Crippen molar-refractivity contribution in [2.75, 3.05) is 0 Å². The van der Waals surface area contributed by atoms with Gasteiger partial charge in [-0.2, -0.15) is 0 Å². The summed E-state index contributed by atoms with van der Waals surface area (Å²) in [6.45, 7) is 13.2. The maximum absolute atomic E-state index is 5.89. The highest BCUT2D eigenvalue weighted by atomic mass is 16.5. The molecule has 0 saturated heterocycles. The summed E-state index contributed by atoms with van der Waals surface area (Å²) >= 11 is 0. The minimum Gasteiger partial charge on any atom is -0.493 e. The van der Waals surface area contributed by atoms with Crippen molar-refractivity contribution in [3.63, 3.8) is 0 Å². The van der Waals surface area contributed by atoms with Crippen molar-refractivity contribution >= 4 is 0 Å². The van der Waals surface area contributed by atoms with Gasteiger partial charge in [-0.05, 0) is 44.6 Å². The molecule has 0 atom stereocenters. The van der Waals surface area contributed by atoms with Crippen LogP contribution in [0.25, 0.3) is 0 Å². The molecule has 0 amide bonds. The van der Waals surface area contributed by atoms with Gasteiger partial charge < -0.3 is 4.74 Å². The standard InChI is InChI=1S/C12H22O/c1-9-10(11(2,3)4)7-8-12(5,6)13-9/h7-8H2,1-6H3.